The molecule has 36 heavy (non-hydrogen) atoms. The number of carbonyl (C=O) groups is 4. The van der Waals surface area contributed by atoms with Gasteiger partial charge in [-0.05, 0) is 47.5 Å². The molecule has 9 heteroatoms. The maximum absolute atomic E-state index is 13.2. The Labute approximate surface area is 219 Å². The molecule has 7 nitrogen and oxygen atoms in total. The van der Waals surface area contributed by atoms with Gasteiger partial charge in [-0.2, -0.15) is 0 Å². The van der Waals surface area contributed by atoms with Gasteiger partial charge < -0.3 is 15.1 Å². The molecule has 0 fully saturated rings. The first-order valence-electron chi connectivity index (χ1n) is 11.1. The second kappa shape index (κ2) is 12.3. The third kappa shape index (κ3) is 7.16. The minimum Gasteiger partial charge on any atom is -0.345 e. The molecule has 0 atom stereocenters. The lowest BCUT2D eigenvalue weighted by Crippen LogP contribution is -2.37. The van der Waals surface area contributed by atoms with Gasteiger partial charge in [0.15, 0.2) is 0 Å². The number of halogens is 2. The van der Waals surface area contributed by atoms with Crippen LogP contribution in [-0.4, -0.2) is 42.5 Å². The van der Waals surface area contributed by atoms with Crippen molar-refractivity contribution in [2.75, 3.05) is 19.0 Å². The lowest BCUT2D eigenvalue weighted by Gasteiger charge is -2.23. The third-order valence-electron chi connectivity index (χ3n) is 5.32. The van der Waals surface area contributed by atoms with Gasteiger partial charge in [0.1, 0.15) is 0 Å². The molecule has 0 spiro atoms. The van der Waals surface area contributed by atoms with Crippen molar-refractivity contribution in [1.82, 2.24) is 10.2 Å². The number of ketones is 1. The van der Waals surface area contributed by atoms with Crippen molar-refractivity contribution in [2.45, 2.75) is 19.5 Å². The predicted molar refractivity (Wildman–Crippen MR) is 140 cm³/mol. The summed E-state index contributed by atoms with van der Waals surface area (Å²) in [4.78, 5) is 53.1. The summed E-state index contributed by atoms with van der Waals surface area (Å²) >= 11 is 12.1. The Balaban J connectivity index is 1.78. The Hall–Kier alpha value is -3.68. The molecule has 0 radical (unpaired) electrons. The van der Waals surface area contributed by atoms with Gasteiger partial charge in [0.2, 0.25) is 11.7 Å². The van der Waals surface area contributed by atoms with Crippen LogP contribution in [0.4, 0.5) is 5.69 Å². The Morgan fingerprint density at radius 2 is 1.47 bits per heavy atom. The van der Waals surface area contributed by atoms with Crippen molar-refractivity contribution in [3.05, 3.63) is 99.5 Å². The highest BCUT2D eigenvalue weighted by Crippen LogP contribution is 2.25. The number of amides is 3. The predicted octanol–water partition coefficient (Wildman–Crippen LogP) is 4.50. The fraction of sp³-hybridized carbons (Fsp3) is 0.185. The standard InChI is InChI=1S/C27H25Cl2N3O4/c1-31(2)27(36)20-9-11-21(12-10-20)32(17-19-8-13-22(28)23(29)14-19)25(34)15-24(33)26(35)30-16-18-6-4-3-5-7-18/h3-14H,15-17H2,1-2H3,(H,30,35). The van der Waals surface area contributed by atoms with Crippen LogP contribution in [0.1, 0.15) is 27.9 Å². The highest BCUT2D eigenvalue weighted by atomic mass is 35.5. The molecule has 3 amide bonds. The first-order chi connectivity index (χ1) is 17.2. The molecular weight excluding hydrogens is 501 g/mol. The molecule has 1 N–H and O–H groups in total. The summed E-state index contributed by atoms with van der Waals surface area (Å²) < 4.78 is 0. The molecule has 3 aromatic carbocycles. The number of benzene rings is 3. The molecule has 0 aliphatic carbocycles. The number of nitrogens with one attached hydrogen (secondary N) is 1. The Bertz CT molecular complexity index is 1260. The monoisotopic (exact) mass is 525 g/mol. The highest BCUT2D eigenvalue weighted by Gasteiger charge is 2.24. The van der Waals surface area contributed by atoms with Crippen LogP contribution in [0.2, 0.25) is 10.0 Å². The number of anilines is 1. The molecule has 3 aromatic rings. The first-order valence-corrected chi connectivity index (χ1v) is 11.8. The SMILES string of the molecule is CN(C)C(=O)c1ccc(N(Cc2ccc(Cl)c(Cl)c2)C(=O)CC(=O)C(=O)NCc2ccccc2)cc1. The van der Waals surface area contributed by atoms with Gasteiger partial charge in [-0.3, -0.25) is 19.2 Å². The zero-order valence-electron chi connectivity index (χ0n) is 19.8. The zero-order chi connectivity index (χ0) is 26.2. The summed E-state index contributed by atoms with van der Waals surface area (Å²) in [6.45, 7) is 0.254. The molecule has 0 saturated carbocycles. The zero-order valence-corrected chi connectivity index (χ0v) is 21.3. The van der Waals surface area contributed by atoms with E-state index in [1.807, 2.05) is 30.3 Å². The molecule has 0 aromatic heterocycles. The van der Waals surface area contributed by atoms with Gasteiger partial charge in [-0.15, -0.1) is 0 Å². The van der Waals surface area contributed by atoms with Gasteiger partial charge in [0, 0.05) is 31.9 Å². The number of rotatable bonds is 9. The molecule has 3 rings (SSSR count). The van der Waals surface area contributed by atoms with Crippen LogP contribution in [0, 0.1) is 0 Å². The molecule has 0 aliphatic rings. The van der Waals surface area contributed by atoms with E-state index in [0.717, 1.165) is 5.56 Å². The average molecular weight is 526 g/mol. The molecule has 0 bridgehead atoms. The molecule has 0 heterocycles. The normalized spacial score (nSPS) is 10.4. The lowest BCUT2D eigenvalue weighted by molar-refractivity contribution is -0.140. The number of carbonyl (C=O) groups excluding carboxylic acids is 4. The Morgan fingerprint density at radius 3 is 2.08 bits per heavy atom. The van der Waals surface area contributed by atoms with Crippen LogP contribution < -0.4 is 10.2 Å². The van der Waals surface area contributed by atoms with E-state index in [-0.39, 0.29) is 19.0 Å². The summed E-state index contributed by atoms with van der Waals surface area (Å²) in [6, 6.07) is 20.5. The van der Waals surface area contributed by atoms with Crippen LogP contribution in [0.3, 0.4) is 0 Å². The molecule has 186 valence electrons. The molecule has 0 aliphatic heterocycles. The second-order valence-electron chi connectivity index (χ2n) is 8.24. The number of Topliss-reactive ketones (excluding diaryl/α,β-unsaturated/α-hetero) is 1. The van der Waals surface area contributed by atoms with Gasteiger partial charge in [-0.1, -0.05) is 59.6 Å². The quantitative estimate of drug-likeness (QED) is 0.329. The minimum atomic E-state index is -0.852. The third-order valence-corrected chi connectivity index (χ3v) is 6.06. The topological polar surface area (TPSA) is 86.8 Å². The lowest BCUT2D eigenvalue weighted by atomic mass is 10.1. The molecule has 0 saturated heterocycles. The summed E-state index contributed by atoms with van der Waals surface area (Å²) in [5.41, 5.74) is 2.41. The van der Waals surface area contributed by atoms with E-state index in [0.29, 0.717) is 26.9 Å². The minimum absolute atomic E-state index is 0.0790. The summed E-state index contributed by atoms with van der Waals surface area (Å²) in [6.07, 6.45) is -0.625. The van der Waals surface area contributed by atoms with Crippen molar-refractivity contribution in [2.24, 2.45) is 0 Å². The first kappa shape index (κ1) is 26.9. The second-order valence-corrected chi connectivity index (χ2v) is 9.06. The van der Waals surface area contributed by atoms with Crippen LogP contribution in [0.15, 0.2) is 72.8 Å². The smallest absolute Gasteiger partial charge is 0.288 e. The number of hydrogen-bond acceptors (Lipinski definition) is 4. The van der Waals surface area contributed by atoms with Gasteiger partial charge in [0.05, 0.1) is 23.0 Å². The van der Waals surface area contributed by atoms with E-state index in [1.54, 1.807) is 56.6 Å². The van der Waals surface area contributed by atoms with Crippen molar-refractivity contribution < 1.29 is 19.2 Å². The number of nitrogens with zero attached hydrogens (tertiary/aromatic N) is 2. The summed E-state index contributed by atoms with van der Waals surface area (Å²) in [5, 5.41) is 3.24. The van der Waals surface area contributed by atoms with E-state index >= 15 is 0 Å². The van der Waals surface area contributed by atoms with E-state index in [9.17, 15) is 19.2 Å². The van der Waals surface area contributed by atoms with Crippen LogP contribution >= 0.6 is 23.2 Å². The Kier molecular flexibility index (Phi) is 9.22. The van der Waals surface area contributed by atoms with Crippen molar-refractivity contribution in [1.29, 1.82) is 0 Å². The van der Waals surface area contributed by atoms with Crippen LogP contribution in [0.5, 0.6) is 0 Å². The van der Waals surface area contributed by atoms with E-state index in [2.05, 4.69) is 5.32 Å². The van der Waals surface area contributed by atoms with Crippen LogP contribution in [0.25, 0.3) is 0 Å². The number of hydrogen-bond donors (Lipinski definition) is 1. The largest absolute Gasteiger partial charge is 0.345 e. The fourth-order valence-electron chi connectivity index (χ4n) is 3.38. The van der Waals surface area contributed by atoms with Crippen LogP contribution in [-0.2, 0) is 27.5 Å². The highest BCUT2D eigenvalue weighted by molar-refractivity contribution is 6.42. The maximum Gasteiger partial charge on any atom is 0.288 e. The van der Waals surface area contributed by atoms with Crippen molar-refractivity contribution in [3.8, 4) is 0 Å². The molecular formula is C27H25Cl2N3O4. The summed E-state index contributed by atoms with van der Waals surface area (Å²) in [5.74, 6) is -2.45. The average Bonchev–Trinajstić information content (AvgIpc) is 2.88. The van der Waals surface area contributed by atoms with Gasteiger partial charge in [-0.25, -0.2) is 0 Å². The van der Waals surface area contributed by atoms with Crippen molar-refractivity contribution in [3.63, 3.8) is 0 Å². The summed E-state index contributed by atoms with van der Waals surface area (Å²) in [7, 11) is 3.29. The van der Waals surface area contributed by atoms with E-state index in [1.165, 1.54) is 9.80 Å². The van der Waals surface area contributed by atoms with Gasteiger partial charge in [0.25, 0.3) is 11.8 Å². The van der Waals surface area contributed by atoms with Crippen molar-refractivity contribution >= 4 is 52.4 Å². The Morgan fingerprint density at radius 1 is 0.806 bits per heavy atom. The molecule has 0 unspecified atom stereocenters. The van der Waals surface area contributed by atoms with E-state index in [4.69, 9.17) is 23.2 Å². The van der Waals surface area contributed by atoms with E-state index < -0.39 is 24.0 Å². The van der Waals surface area contributed by atoms with Gasteiger partial charge >= 0.3 is 0 Å². The maximum atomic E-state index is 13.2. The fourth-order valence-corrected chi connectivity index (χ4v) is 3.70.